The van der Waals surface area contributed by atoms with Gasteiger partial charge in [-0.3, -0.25) is 4.79 Å². The maximum Gasteiger partial charge on any atom is 0.323 e. The van der Waals surface area contributed by atoms with Crippen LogP contribution < -0.4 is 5.73 Å². The minimum atomic E-state index is -0.622. The molecule has 4 nitrogen and oxygen atoms in total. The molecular weight excluding hydrogens is 256 g/mol. The van der Waals surface area contributed by atoms with Gasteiger partial charge in [-0.15, -0.1) is 11.3 Å². The number of ether oxygens (including phenoxy) is 1. The third-order valence-corrected chi connectivity index (χ3v) is 2.92. The number of nitrogens with zero attached hydrogens (tertiary/aromatic N) is 1. The molecule has 6 heteroatoms. The van der Waals surface area contributed by atoms with Crippen molar-refractivity contribution in [2.45, 2.75) is 12.5 Å². The molecule has 0 amide bonds. The molecule has 1 aromatic heterocycles. The zero-order valence-corrected chi connectivity index (χ0v) is 9.39. The smallest absolute Gasteiger partial charge is 0.323 e. The highest BCUT2D eigenvalue weighted by Gasteiger charge is 2.15. The summed E-state index contributed by atoms with van der Waals surface area (Å²) in [6.07, 6.45) is 2.10. The number of hydrogen-bond acceptors (Lipinski definition) is 5. The predicted molar refractivity (Wildman–Crippen MR) is 53.5 cm³/mol. The molecule has 2 N–H and O–H groups in total. The van der Waals surface area contributed by atoms with E-state index in [4.69, 9.17) is 5.73 Å². The molecule has 13 heavy (non-hydrogen) atoms. The summed E-state index contributed by atoms with van der Waals surface area (Å²) in [5.74, 6) is -0.411. The lowest BCUT2D eigenvalue weighted by Gasteiger charge is -2.05. The van der Waals surface area contributed by atoms with Crippen molar-refractivity contribution >= 4 is 33.2 Å². The Balaban J connectivity index is 2.54. The zero-order chi connectivity index (χ0) is 9.84. The summed E-state index contributed by atoms with van der Waals surface area (Å²) < 4.78 is 5.42. The number of nitrogens with two attached hydrogens (primary N) is 1. The fourth-order valence-corrected chi connectivity index (χ4v) is 2.17. The predicted octanol–water partition coefficient (Wildman–Crippen LogP) is 0.948. The van der Waals surface area contributed by atoms with E-state index in [1.54, 1.807) is 6.20 Å². The van der Waals surface area contributed by atoms with Crippen molar-refractivity contribution in [3.63, 3.8) is 0 Å². The fourth-order valence-electron chi connectivity index (χ4n) is 0.805. The number of esters is 1. The van der Waals surface area contributed by atoms with E-state index < -0.39 is 12.0 Å². The molecule has 1 aromatic rings. The number of carbonyl (C=O) groups is 1. The molecule has 0 aliphatic rings. The van der Waals surface area contributed by atoms with Gasteiger partial charge in [0.25, 0.3) is 0 Å². The van der Waals surface area contributed by atoms with E-state index in [9.17, 15) is 4.79 Å². The molecule has 1 rings (SSSR count). The minimum Gasteiger partial charge on any atom is -0.468 e. The Kier molecular flexibility index (Phi) is 3.83. The van der Waals surface area contributed by atoms with E-state index >= 15 is 0 Å². The zero-order valence-electron chi connectivity index (χ0n) is 6.99. The van der Waals surface area contributed by atoms with Gasteiger partial charge in [0.1, 0.15) is 6.04 Å². The third kappa shape index (κ3) is 3.06. The molecule has 0 aliphatic carbocycles. The lowest BCUT2D eigenvalue weighted by Crippen LogP contribution is -2.33. The largest absolute Gasteiger partial charge is 0.468 e. The molecule has 1 heterocycles. The normalized spacial score (nSPS) is 12.5. The van der Waals surface area contributed by atoms with Crippen LogP contribution in [-0.4, -0.2) is 24.1 Å². The van der Waals surface area contributed by atoms with Crippen LogP contribution in [0.1, 0.15) is 5.01 Å². The molecule has 1 atom stereocenters. The highest BCUT2D eigenvalue weighted by atomic mass is 79.9. The van der Waals surface area contributed by atoms with Gasteiger partial charge in [0, 0.05) is 6.42 Å². The van der Waals surface area contributed by atoms with Gasteiger partial charge in [0.2, 0.25) is 0 Å². The summed E-state index contributed by atoms with van der Waals surface area (Å²) >= 11 is 4.74. The van der Waals surface area contributed by atoms with Gasteiger partial charge in [-0.05, 0) is 15.9 Å². The Morgan fingerprint density at radius 1 is 1.92 bits per heavy atom. The maximum absolute atomic E-state index is 10.9. The first-order valence-corrected chi connectivity index (χ1v) is 5.18. The van der Waals surface area contributed by atoms with Crippen molar-refractivity contribution in [1.29, 1.82) is 0 Å². The minimum absolute atomic E-state index is 0.411. The molecular formula is C7H9BrN2O2S. The summed E-state index contributed by atoms with van der Waals surface area (Å²) in [6.45, 7) is 0. The molecule has 0 fully saturated rings. The van der Waals surface area contributed by atoms with Gasteiger partial charge in [-0.2, -0.15) is 0 Å². The van der Waals surface area contributed by atoms with Gasteiger partial charge in [-0.25, -0.2) is 4.98 Å². The van der Waals surface area contributed by atoms with Crippen molar-refractivity contribution in [3.8, 4) is 0 Å². The second kappa shape index (κ2) is 4.69. The standard InChI is InChI=1S/C7H9BrN2O2S/c1-12-7(11)4(9)2-6-10-3-5(8)13-6/h3-4H,2,9H2,1H3. The van der Waals surface area contributed by atoms with Gasteiger partial charge in [0.05, 0.1) is 22.1 Å². The second-order valence-electron chi connectivity index (χ2n) is 2.39. The number of carbonyl (C=O) groups excluding carboxylic acids is 1. The quantitative estimate of drug-likeness (QED) is 0.826. The number of methoxy groups -OCH3 is 1. The van der Waals surface area contributed by atoms with Crippen LogP contribution in [-0.2, 0) is 16.0 Å². The Hall–Kier alpha value is -0.460. The van der Waals surface area contributed by atoms with E-state index in [0.717, 1.165) is 8.79 Å². The molecule has 1 unspecified atom stereocenters. The summed E-state index contributed by atoms with van der Waals surface area (Å²) in [5, 5.41) is 0.824. The monoisotopic (exact) mass is 264 g/mol. The fraction of sp³-hybridized carbons (Fsp3) is 0.429. The second-order valence-corrected chi connectivity index (χ2v) is 4.89. The lowest BCUT2D eigenvalue weighted by molar-refractivity contribution is -0.142. The number of hydrogen-bond donors (Lipinski definition) is 1. The molecule has 0 aromatic carbocycles. The number of halogens is 1. The molecule has 72 valence electrons. The van der Waals surface area contributed by atoms with Crippen LogP contribution in [0.25, 0.3) is 0 Å². The first-order valence-electron chi connectivity index (χ1n) is 3.57. The Morgan fingerprint density at radius 3 is 3.08 bits per heavy atom. The Bertz CT molecular complexity index is 302. The van der Waals surface area contributed by atoms with E-state index in [0.29, 0.717) is 6.42 Å². The average molecular weight is 265 g/mol. The third-order valence-electron chi connectivity index (χ3n) is 1.42. The first kappa shape index (κ1) is 10.6. The van der Waals surface area contributed by atoms with Gasteiger partial charge in [0.15, 0.2) is 0 Å². The average Bonchev–Trinajstić information content (AvgIpc) is 2.49. The SMILES string of the molecule is COC(=O)C(N)Cc1ncc(Br)s1. The van der Waals surface area contributed by atoms with E-state index in [1.807, 2.05) is 0 Å². The van der Waals surface area contributed by atoms with Crippen LogP contribution >= 0.6 is 27.3 Å². The van der Waals surface area contributed by atoms with Gasteiger partial charge >= 0.3 is 5.97 Å². The Morgan fingerprint density at radius 2 is 2.62 bits per heavy atom. The van der Waals surface area contributed by atoms with Crippen LogP contribution in [0.5, 0.6) is 0 Å². The van der Waals surface area contributed by atoms with Gasteiger partial charge in [-0.1, -0.05) is 0 Å². The van der Waals surface area contributed by atoms with Crippen molar-refractivity contribution in [3.05, 3.63) is 15.0 Å². The maximum atomic E-state index is 10.9. The highest BCUT2D eigenvalue weighted by molar-refractivity contribution is 9.11. The van der Waals surface area contributed by atoms with Crippen LogP contribution in [0, 0.1) is 0 Å². The topological polar surface area (TPSA) is 65.2 Å². The van der Waals surface area contributed by atoms with E-state index in [-0.39, 0.29) is 0 Å². The summed E-state index contributed by atoms with van der Waals surface area (Å²) in [4.78, 5) is 15.0. The molecule has 0 radical (unpaired) electrons. The van der Waals surface area contributed by atoms with Crippen LogP contribution in [0.15, 0.2) is 9.98 Å². The summed E-state index contributed by atoms with van der Waals surface area (Å²) in [6, 6.07) is -0.622. The number of thiazole rings is 1. The van der Waals surface area contributed by atoms with Crippen LogP contribution in [0.2, 0.25) is 0 Å². The number of aromatic nitrogens is 1. The van der Waals surface area contributed by atoms with E-state index in [1.165, 1.54) is 18.4 Å². The van der Waals surface area contributed by atoms with Crippen molar-refractivity contribution in [2.75, 3.05) is 7.11 Å². The summed E-state index contributed by atoms with van der Waals surface area (Å²) in [7, 11) is 1.32. The first-order chi connectivity index (χ1) is 6.13. The van der Waals surface area contributed by atoms with Crippen molar-refractivity contribution in [2.24, 2.45) is 5.73 Å². The van der Waals surface area contributed by atoms with Crippen LogP contribution in [0.4, 0.5) is 0 Å². The number of rotatable bonds is 3. The van der Waals surface area contributed by atoms with Crippen LogP contribution in [0.3, 0.4) is 0 Å². The molecule has 0 aliphatic heterocycles. The molecule has 0 bridgehead atoms. The highest BCUT2D eigenvalue weighted by Crippen LogP contribution is 2.19. The van der Waals surface area contributed by atoms with Crippen molar-refractivity contribution in [1.82, 2.24) is 4.98 Å². The lowest BCUT2D eigenvalue weighted by atomic mass is 10.2. The molecule has 0 saturated carbocycles. The molecule has 0 spiro atoms. The van der Waals surface area contributed by atoms with Gasteiger partial charge < -0.3 is 10.5 Å². The molecule has 0 saturated heterocycles. The summed E-state index contributed by atoms with van der Waals surface area (Å²) in [5.41, 5.74) is 5.55. The Labute approximate surface area is 88.2 Å². The van der Waals surface area contributed by atoms with Crippen molar-refractivity contribution < 1.29 is 9.53 Å². The van der Waals surface area contributed by atoms with E-state index in [2.05, 4.69) is 25.7 Å².